The predicted octanol–water partition coefficient (Wildman–Crippen LogP) is 3.73. The van der Waals surface area contributed by atoms with Crippen molar-refractivity contribution in [3.63, 3.8) is 0 Å². The summed E-state index contributed by atoms with van der Waals surface area (Å²) < 4.78 is 43.2. The van der Waals surface area contributed by atoms with Gasteiger partial charge < -0.3 is 4.74 Å². The van der Waals surface area contributed by atoms with Crippen LogP contribution >= 0.6 is 0 Å². The predicted molar refractivity (Wildman–Crippen MR) is 58.8 cm³/mol. The average molecular weight is 248 g/mol. The highest BCUT2D eigenvalue weighted by atomic mass is 19.2. The number of ketones is 1. The van der Waals surface area contributed by atoms with Gasteiger partial charge in [0.05, 0.1) is 12.7 Å². The summed E-state index contributed by atoms with van der Waals surface area (Å²) in [5, 5.41) is 0. The van der Waals surface area contributed by atoms with Gasteiger partial charge in [-0.25, -0.2) is 8.78 Å². The molecule has 0 spiro atoms. The van der Waals surface area contributed by atoms with Crippen molar-refractivity contribution in [2.24, 2.45) is 0 Å². The summed E-state index contributed by atoms with van der Waals surface area (Å²) in [6.07, 6.45) is 1.25. The van der Waals surface area contributed by atoms with Crippen LogP contribution in [0.4, 0.5) is 13.2 Å². The van der Waals surface area contributed by atoms with Crippen LogP contribution in [0.25, 0.3) is 0 Å². The van der Waals surface area contributed by atoms with Crippen LogP contribution in [0.15, 0.2) is 6.07 Å². The highest BCUT2D eigenvalue weighted by Gasteiger charge is 2.21. The molecular weight excluding hydrogens is 233 g/mol. The molecule has 0 bridgehead atoms. The maximum Gasteiger partial charge on any atom is 0.203 e. The van der Waals surface area contributed by atoms with Gasteiger partial charge in [0.15, 0.2) is 23.2 Å². The molecule has 0 saturated carbocycles. The molecule has 1 rings (SSSR count). The summed E-state index contributed by atoms with van der Waals surface area (Å²) in [5.74, 6) is -5.50. The zero-order valence-corrected chi connectivity index (χ0v) is 10.2. The first-order chi connectivity index (χ1) is 7.90. The fraction of sp³-hybridized carbons (Fsp3) is 0.417. The van der Waals surface area contributed by atoms with Crippen molar-refractivity contribution in [1.82, 2.24) is 0 Å². The molecule has 0 N–H and O–H groups in total. The third-order valence-corrected chi connectivity index (χ3v) is 1.70. The summed E-state index contributed by atoms with van der Waals surface area (Å²) >= 11 is 0. The normalized spacial score (nSPS) is 9.35. The molecule has 17 heavy (non-hydrogen) atoms. The van der Waals surface area contributed by atoms with Gasteiger partial charge in [-0.3, -0.25) is 4.79 Å². The van der Waals surface area contributed by atoms with Crippen LogP contribution in [0.5, 0.6) is 5.75 Å². The molecular formula is C12H15F3O2. The molecule has 0 saturated heterocycles. The Balaban J connectivity index is 0.000000770. The van der Waals surface area contributed by atoms with Crippen LogP contribution in [0, 0.1) is 17.5 Å². The number of methoxy groups -OCH3 is 1. The van der Waals surface area contributed by atoms with E-state index >= 15 is 0 Å². The number of ether oxygens (including phenoxy) is 1. The fourth-order valence-corrected chi connectivity index (χ4v) is 1.02. The van der Waals surface area contributed by atoms with Crippen molar-refractivity contribution in [2.45, 2.75) is 27.2 Å². The molecule has 0 heterocycles. The number of carbonyl (C=O) groups is 1. The standard InChI is InChI=1S/C9H7F3O2.C3H8/c1-4(13)5-3-6(10)8(12)9(14-2)7(5)11;1-3-2/h3H,1-2H3;3H2,1-2H3. The summed E-state index contributed by atoms with van der Waals surface area (Å²) in [5.41, 5.74) is -0.527. The van der Waals surface area contributed by atoms with Gasteiger partial charge in [-0.2, -0.15) is 4.39 Å². The number of hydrogen-bond donors (Lipinski definition) is 0. The Bertz CT molecular complexity index is 403. The van der Waals surface area contributed by atoms with Crippen molar-refractivity contribution in [2.75, 3.05) is 7.11 Å². The van der Waals surface area contributed by atoms with Crippen molar-refractivity contribution >= 4 is 5.78 Å². The largest absolute Gasteiger partial charge is 0.491 e. The van der Waals surface area contributed by atoms with Crippen molar-refractivity contribution in [3.8, 4) is 5.75 Å². The van der Waals surface area contributed by atoms with Crippen LogP contribution in [-0.2, 0) is 0 Å². The molecule has 0 aromatic heterocycles. The van der Waals surface area contributed by atoms with Gasteiger partial charge in [0.2, 0.25) is 5.82 Å². The zero-order chi connectivity index (χ0) is 13.6. The fourth-order valence-electron chi connectivity index (χ4n) is 1.02. The lowest BCUT2D eigenvalue weighted by molar-refractivity contribution is 0.101. The van der Waals surface area contributed by atoms with Gasteiger partial charge in [-0.05, 0) is 13.0 Å². The topological polar surface area (TPSA) is 26.3 Å². The third-order valence-electron chi connectivity index (χ3n) is 1.70. The van der Waals surface area contributed by atoms with Crippen molar-refractivity contribution < 1.29 is 22.7 Å². The Morgan fingerprint density at radius 2 is 1.71 bits per heavy atom. The van der Waals surface area contributed by atoms with E-state index in [1.165, 1.54) is 6.42 Å². The van der Waals surface area contributed by atoms with E-state index in [1.54, 1.807) is 0 Å². The first-order valence-electron chi connectivity index (χ1n) is 5.13. The molecule has 0 aliphatic rings. The van der Waals surface area contributed by atoms with Crippen LogP contribution in [-0.4, -0.2) is 12.9 Å². The lowest BCUT2D eigenvalue weighted by atomic mass is 10.1. The number of halogens is 3. The van der Waals surface area contributed by atoms with Gasteiger partial charge in [0.1, 0.15) is 0 Å². The molecule has 0 fully saturated rings. The Morgan fingerprint density at radius 1 is 1.24 bits per heavy atom. The minimum atomic E-state index is -1.44. The molecule has 0 radical (unpaired) electrons. The van der Waals surface area contributed by atoms with Crippen molar-refractivity contribution in [3.05, 3.63) is 29.1 Å². The second-order valence-electron chi connectivity index (χ2n) is 3.33. The number of Topliss-reactive ketones (excluding diaryl/α,β-unsaturated/α-hetero) is 1. The maximum absolute atomic E-state index is 13.2. The Kier molecular flexibility index (Phi) is 6.31. The molecule has 1 aromatic carbocycles. The molecule has 0 aliphatic carbocycles. The zero-order valence-electron chi connectivity index (χ0n) is 10.2. The number of benzene rings is 1. The molecule has 0 atom stereocenters. The van der Waals surface area contributed by atoms with Crippen LogP contribution in [0.3, 0.4) is 0 Å². The maximum atomic E-state index is 13.2. The smallest absolute Gasteiger partial charge is 0.203 e. The van der Waals surface area contributed by atoms with E-state index < -0.39 is 34.5 Å². The van der Waals surface area contributed by atoms with E-state index in [2.05, 4.69) is 18.6 Å². The second-order valence-corrected chi connectivity index (χ2v) is 3.33. The Labute approximate surface area is 98.4 Å². The van der Waals surface area contributed by atoms with Crippen LogP contribution < -0.4 is 4.74 Å². The molecule has 0 unspecified atom stereocenters. The van der Waals surface area contributed by atoms with E-state index in [1.807, 2.05) is 0 Å². The number of hydrogen-bond acceptors (Lipinski definition) is 2. The summed E-state index contributed by atoms with van der Waals surface area (Å²) in [6, 6.07) is 0.509. The van der Waals surface area contributed by atoms with Crippen LogP contribution in [0.2, 0.25) is 0 Å². The minimum Gasteiger partial charge on any atom is -0.491 e. The van der Waals surface area contributed by atoms with E-state index in [0.29, 0.717) is 6.07 Å². The summed E-state index contributed by atoms with van der Waals surface area (Å²) in [4.78, 5) is 10.8. The first kappa shape index (κ1) is 15.5. The van der Waals surface area contributed by atoms with Crippen LogP contribution in [0.1, 0.15) is 37.6 Å². The number of rotatable bonds is 2. The molecule has 1 aromatic rings. The second kappa shape index (κ2) is 6.93. The average Bonchev–Trinajstić information content (AvgIpc) is 2.25. The molecule has 0 aliphatic heterocycles. The highest BCUT2D eigenvalue weighted by molar-refractivity contribution is 5.94. The summed E-state index contributed by atoms with van der Waals surface area (Å²) in [7, 11) is 0.991. The summed E-state index contributed by atoms with van der Waals surface area (Å²) in [6.45, 7) is 5.30. The quantitative estimate of drug-likeness (QED) is 0.588. The molecule has 0 amide bonds. The Morgan fingerprint density at radius 3 is 2.06 bits per heavy atom. The Hall–Kier alpha value is -1.52. The van der Waals surface area contributed by atoms with Gasteiger partial charge in [0, 0.05) is 0 Å². The van der Waals surface area contributed by atoms with E-state index in [9.17, 15) is 18.0 Å². The van der Waals surface area contributed by atoms with Gasteiger partial charge >= 0.3 is 0 Å². The van der Waals surface area contributed by atoms with E-state index in [0.717, 1.165) is 14.0 Å². The SMILES string of the molecule is CCC.COc1c(F)c(F)cc(C(C)=O)c1F. The lowest BCUT2D eigenvalue weighted by Crippen LogP contribution is -2.04. The number of carbonyl (C=O) groups excluding carboxylic acids is 1. The third kappa shape index (κ3) is 3.76. The monoisotopic (exact) mass is 248 g/mol. The molecule has 96 valence electrons. The first-order valence-corrected chi connectivity index (χ1v) is 5.13. The highest BCUT2D eigenvalue weighted by Crippen LogP contribution is 2.26. The molecule has 5 heteroatoms. The lowest BCUT2D eigenvalue weighted by Gasteiger charge is -2.06. The van der Waals surface area contributed by atoms with Gasteiger partial charge in [0.25, 0.3) is 0 Å². The van der Waals surface area contributed by atoms with Crippen molar-refractivity contribution in [1.29, 1.82) is 0 Å². The van der Waals surface area contributed by atoms with Gasteiger partial charge in [-0.15, -0.1) is 0 Å². The van der Waals surface area contributed by atoms with E-state index in [4.69, 9.17) is 0 Å². The minimum absolute atomic E-state index is 0.509. The molecule has 2 nitrogen and oxygen atoms in total. The van der Waals surface area contributed by atoms with Gasteiger partial charge in [-0.1, -0.05) is 20.3 Å². The van der Waals surface area contributed by atoms with E-state index in [-0.39, 0.29) is 0 Å².